The van der Waals surface area contributed by atoms with Gasteiger partial charge in [-0.05, 0) is 28.1 Å². The second-order valence-electron chi connectivity index (χ2n) is 3.27. The molecule has 0 aliphatic rings. The zero-order valence-corrected chi connectivity index (χ0v) is 10.3. The Bertz CT molecular complexity index is 447. The van der Waals surface area contributed by atoms with E-state index in [9.17, 15) is 9.18 Å². The van der Waals surface area contributed by atoms with Gasteiger partial charge < -0.3 is 10.0 Å². The lowest BCUT2D eigenvalue weighted by Gasteiger charge is -2.06. The van der Waals surface area contributed by atoms with Crippen LogP contribution in [-0.4, -0.2) is 36.4 Å². The Morgan fingerprint density at radius 3 is 2.69 bits per heavy atom. The molecule has 0 bridgehead atoms. The van der Waals surface area contributed by atoms with Crippen molar-refractivity contribution in [3.63, 3.8) is 0 Å². The number of halogens is 2. The Hall–Kier alpha value is -1.43. The fourth-order valence-corrected chi connectivity index (χ4v) is 1.33. The Balaban J connectivity index is 3.32. The van der Waals surface area contributed by atoms with E-state index in [1.807, 2.05) is 0 Å². The van der Waals surface area contributed by atoms with E-state index in [0.29, 0.717) is 0 Å². The standard InChI is InChI=1S/C10H10BrFN2O2/c1-14(2)5-13-9-6(10(15)16)3-4-7(11)8(9)12/h3-5H,1-2H3,(H,15,16). The van der Waals surface area contributed by atoms with Crippen LogP contribution in [0.4, 0.5) is 10.1 Å². The first-order valence-corrected chi connectivity index (χ1v) is 5.14. The molecule has 0 aliphatic heterocycles. The molecular weight excluding hydrogens is 279 g/mol. The summed E-state index contributed by atoms with van der Waals surface area (Å²) in [4.78, 5) is 16.3. The molecule has 1 aromatic carbocycles. The van der Waals surface area contributed by atoms with E-state index in [0.717, 1.165) is 0 Å². The number of carbonyl (C=O) groups is 1. The van der Waals surface area contributed by atoms with Gasteiger partial charge in [-0.1, -0.05) is 0 Å². The summed E-state index contributed by atoms with van der Waals surface area (Å²) in [5.41, 5.74) is -0.352. The first-order chi connectivity index (χ1) is 7.43. The summed E-state index contributed by atoms with van der Waals surface area (Å²) in [6, 6.07) is 2.64. The first kappa shape index (κ1) is 12.6. The summed E-state index contributed by atoms with van der Waals surface area (Å²) in [5, 5.41) is 8.88. The molecule has 0 saturated carbocycles. The van der Waals surface area contributed by atoms with Gasteiger partial charge in [0.15, 0.2) is 5.82 Å². The van der Waals surface area contributed by atoms with E-state index < -0.39 is 11.8 Å². The third-order valence-electron chi connectivity index (χ3n) is 1.72. The van der Waals surface area contributed by atoms with Crippen LogP contribution in [0, 0.1) is 5.82 Å². The molecule has 0 aromatic heterocycles. The van der Waals surface area contributed by atoms with Gasteiger partial charge in [-0.2, -0.15) is 0 Å². The summed E-state index contributed by atoms with van der Waals surface area (Å²) in [6.45, 7) is 0. The molecule has 0 heterocycles. The lowest BCUT2D eigenvalue weighted by molar-refractivity contribution is 0.0697. The maximum atomic E-state index is 13.6. The topological polar surface area (TPSA) is 52.9 Å². The number of aromatic carboxylic acids is 1. The smallest absolute Gasteiger partial charge is 0.338 e. The van der Waals surface area contributed by atoms with Gasteiger partial charge in [-0.25, -0.2) is 14.2 Å². The molecule has 1 rings (SSSR count). The van der Waals surface area contributed by atoms with E-state index in [2.05, 4.69) is 20.9 Å². The van der Waals surface area contributed by atoms with E-state index in [-0.39, 0.29) is 15.7 Å². The molecule has 0 saturated heterocycles. The van der Waals surface area contributed by atoms with Crippen LogP contribution in [0.25, 0.3) is 0 Å². The predicted octanol–water partition coefficient (Wildman–Crippen LogP) is 2.51. The number of carboxylic acids is 1. The maximum Gasteiger partial charge on any atom is 0.338 e. The molecule has 0 radical (unpaired) electrons. The third kappa shape index (κ3) is 2.79. The third-order valence-corrected chi connectivity index (χ3v) is 2.33. The van der Waals surface area contributed by atoms with Gasteiger partial charge in [0.05, 0.1) is 16.4 Å². The van der Waals surface area contributed by atoms with Crippen LogP contribution in [0.3, 0.4) is 0 Å². The summed E-state index contributed by atoms with van der Waals surface area (Å²) in [7, 11) is 3.42. The first-order valence-electron chi connectivity index (χ1n) is 4.35. The molecule has 16 heavy (non-hydrogen) atoms. The SMILES string of the molecule is CN(C)C=Nc1c(C(=O)O)ccc(Br)c1F. The average molecular weight is 289 g/mol. The number of hydrogen-bond acceptors (Lipinski definition) is 2. The number of rotatable bonds is 3. The van der Waals surface area contributed by atoms with Crippen molar-refractivity contribution in [1.29, 1.82) is 0 Å². The van der Waals surface area contributed by atoms with Gasteiger partial charge in [0.2, 0.25) is 0 Å². The molecule has 0 atom stereocenters. The van der Waals surface area contributed by atoms with Crippen molar-refractivity contribution >= 4 is 33.9 Å². The van der Waals surface area contributed by atoms with E-state index in [1.54, 1.807) is 19.0 Å². The highest BCUT2D eigenvalue weighted by Crippen LogP contribution is 2.29. The Morgan fingerprint density at radius 1 is 1.56 bits per heavy atom. The van der Waals surface area contributed by atoms with Crippen molar-refractivity contribution in [2.24, 2.45) is 4.99 Å². The van der Waals surface area contributed by atoms with Gasteiger partial charge in [0, 0.05) is 14.1 Å². The summed E-state index contributed by atoms with van der Waals surface area (Å²) in [5.74, 6) is -1.89. The molecule has 6 heteroatoms. The molecule has 4 nitrogen and oxygen atoms in total. The van der Waals surface area contributed by atoms with Crippen LogP contribution >= 0.6 is 15.9 Å². The minimum absolute atomic E-state index is 0.168. The molecule has 0 spiro atoms. The summed E-state index contributed by atoms with van der Waals surface area (Å²) < 4.78 is 13.8. The highest BCUT2D eigenvalue weighted by Gasteiger charge is 2.16. The molecule has 0 unspecified atom stereocenters. The average Bonchev–Trinajstić information content (AvgIpc) is 2.19. The van der Waals surface area contributed by atoms with Crippen molar-refractivity contribution < 1.29 is 14.3 Å². The molecule has 0 amide bonds. The van der Waals surface area contributed by atoms with Crippen LogP contribution in [0.15, 0.2) is 21.6 Å². The van der Waals surface area contributed by atoms with E-state index >= 15 is 0 Å². The minimum Gasteiger partial charge on any atom is -0.478 e. The monoisotopic (exact) mass is 288 g/mol. The van der Waals surface area contributed by atoms with Crippen molar-refractivity contribution in [3.05, 3.63) is 28.0 Å². The second-order valence-corrected chi connectivity index (χ2v) is 4.13. The number of hydrogen-bond donors (Lipinski definition) is 1. The van der Waals surface area contributed by atoms with E-state index in [4.69, 9.17) is 5.11 Å². The Morgan fingerprint density at radius 2 is 2.19 bits per heavy atom. The minimum atomic E-state index is -1.21. The zero-order chi connectivity index (χ0) is 12.3. The molecular formula is C10H10BrFN2O2. The van der Waals surface area contributed by atoms with Crippen molar-refractivity contribution in [1.82, 2.24) is 4.90 Å². The normalized spacial score (nSPS) is 10.8. The van der Waals surface area contributed by atoms with Gasteiger partial charge in [-0.3, -0.25) is 0 Å². The zero-order valence-electron chi connectivity index (χ0n) is 8.74. The number of benzene rings is 1. The fourth-order valence-electron chi connectivity index (χ4n) is 1.01. The molecule has 1 N–H and O–H groups in total. The van der Waals surface area contributed by atoms with Gasteiger partial charge in [-0.15, -0.1) is 0 Å². The summed E-state index contributed by atoms with van der Waals surface area (Å²) >= 11 is 2.98. The van der Waals surface area contributed by atoms with Crippen molar-refractivity contribution in [3.8, 4) is 0 Å². The van der Waals surface area contributed by atoms with Crippen LogP contribution < -0.4 is 0 Å². The number of nitrogens with zero attached hydrogens (tertiary/aromatic N) is 2. The van der Waals surface area contributed by atoms with Gasteiger partial charge in [0.1, 0.15) is 5.69 Å². The second kappa shape index (κ2) is 5.07. The molecule has 86 valence electrons. The van der Waals surface area contributed by atoms with Gasteiger partial charge in [0.25, 0.3) is 0 Å². The van der Waals surface area contributed by atoms with E-state index in [1.165, 1.54) is 18.5 Å². The quantitative estimate of drug-likeness (QED) is 0.687. The highest BCUT2D eigenvalue weighted by molar-refractivity contribution is 9.10. The largest absolute Gasteiger partial charge is 0.478 e. The van der Waals surface area contributed by atoms with Crippen LogP contribution in [0.1, 0.15) is 10.4 Å². The molecule has 1 aromatic rings. The lowest BCUT2D eigenvalue weighted by Crippen LogP contribution is -2.08. The van der Waals surface area contributed by atoms with Crippen molar-refractivity contribution in [2.75, 3.05) is 14.1 Å². The van der Waals surface area contributed by atoms with Crippen LogP contribution in [0.2, 0.25) is 0 Å². The molecule has 0 aliphatic carbocycles. The predicted molar refractivity (Wildman–Crippen MR) is 62.9 cm³/mol. The maximum absolute atomic E-state index is 13.6. The Kier molecular flexibility index (Phi) is 4.00. The van der Waals surface area contributed by atoms with Crippen LogP contribution in [0.5, 0.6) is 0 Å². The van der Waals surface area contributed by atoms with Gasteiger partial charge >= 0.3 is 5.97 Å². The Labute approximate surface area is 101 Å². The van der Waals surface area contributed by atoms with Crippen LogP contribution in [-0.2, 0) is 0 Å². The number of carboxylic acid groups (broad SMARTS) is 1. The summed E-state index contributed by atoms with van der Waals surface area (Å²) in [6.07, 6.45) is 1.34. The van der Waals surface area contributed by atoms with Crippen molar-refractivity contribution in [2.45, 2.75) is 0 Å². The lowest BCUT2D eigenvalue weighted by atomic mass is 10.2. The molecule has 0 fully saturated rings. The fraction of sp³-hybridized carbons (Fsp3) is 0.200. The highest BCUT2D eigenvalue weighted by atomic mass is 79.9. The number of aliphatic imine (C=N–C) groups is 1.